The normalized spacial score (nSPS) is 11.4. The first-order chi connectivity index (χ1) is 9.54. The molecule has 20 heavy (non-hydrogen) atoms. The molecular weight excluding hydrogens is 286 g/mol. The van der Waals surface area contributed by atoms with Gasteiger partial charge in [-0.15, -0.1) is 0 Å². The second kappa shape index (κ2) is 5.84. The summed E-state index contributed by atoms with van der Waals surface area (Å²) in [5, 5.41) is 5.52. The summed E-state index contributed by atoms with van der Waals surface area (Å²) in [5.74, 6) is -0.301. The molecule has 0 aliphatic carbocycles. The molecule has 0 fully saturated rings. The molecule has 0 bridgehead atoms. The number of hydrogen-bond donors (Lipinski definition) is 3. The molecule has 0 radical (unpaired) electrons. The molecule has 2 aromatic rings. The van der Waals surface area contributed by atoms with Gasteiger partial charge in [-0.25, -0.2) is 22.9 Å². The Morgan fingerprint density at radius 3 is 2.95 bits per heavy atom. The van der Waals surface area contributed by atoms with Crippen molar-refractivity contribution in [3.63, 3.8) is 0 Å². The standard InChI is InChI=1S/C10H13N5O4S/c1-2-19-10(16)7-5-13-15-9(7)20(17,18)14-6-8-11-3-4-12-8/h3-5,14H,2,6H2,1H3,(H,11,12)(H,13,15). The lowest BCUT2D eigenvalue weighted by Gasteiger charge is -2.05. The van der Waals surface area contributed by atoms with Crippen LogP contribution in [0.2, 0.25) is 0 Å². The third-order valence-corrected chi connectivity index (χ3v) is 3.73. The summed E-state index contributed by atoms with van der Waals surface area (Å²) in [6.07, 6.45) is 4.19. The highest BCUT2D eigenvalue weighted by molar-refractivity contribution is 7.89. The van der Waals surface area contributed by atoms with Gasteiger partial charge in [0, 0.05) is 12.4 Å². The van der Waals surface area contributed by atoms with Gasteiger partial charge in [-0.05, 0) is 6.92 Å². The van der Waals surface area contributed by atoms with Gasteiger partial charge >= 0.3 is 5.97 Å². The third kappa shape index (κ3) is 3.03. The summed E-state index contributed by atoms with van der Waals surface area (Å²) < 4.78 is 31.2. The minimum atomic E-state index is -3.92. The number of hydrogen-bond acceptors (Lipinski definition) is 6. The summed E-state index contributed by atoms with van der Waals surface area (Å²) in [6, 6.07) is 0. The molecule has 3 N–H and O–H groups in total. The van der Waals surface area contributed by atoms with Crippen LogP contribution in [0, 0.1) is 0 Å². The fourth-order valence-corrected chi connectivity index (χ4v) is 2.53. The molecule has 2 aromatic heterocycles. The molecule has 0 aliphatic heterocycles. The number of sulfonamides is 1. The van der Waals surface area contributed by atoms with E-state index in [0.29, 0.717) is 5.82 Å². The van der Waals surface area contributed by atoms with Crippen LogP contribution in [0.3, 0.4) is 0 Å². The van der Waals surface area contributed by atoms with Crippen molar-refractivity contribution in [1.82, 2.24) is 24.9 Å². The molecule has 9 nitrogen and oxygen atoms in total. The Kier molecular flexibility index (Phi) is 4.15. The molecule has 0 saturated heterocycles. The number of rotatable bonds is 6. The average Bonchev–Trinajstić information content (AvgIpc) is 3.08. The first-order valence-corrected chi connectivity index (χ1v) is 7.21. The summed E-state index contributed by atoms with van der Waals surface area (Å²) in [5.41, 5.74) is -0.140. The van der Waals surface area contributed by atoms with Gasteiger partial charge in [0.05, 0.1) is 19.3 Å². The first-order valence-electron chi connectivity index (χ1n) is 5.73. The molecule has 108 valence electrons. The molecule has 2 rings (SSSR count). The van der Waals surface area contributed by atoms with E-state index in [2.05, 4.69) is 24.9 Å². The van der Waals surface area contributed by atoms with Gasteiger partial charge in [-0.2, -0.15) is 5.10 Å². The van der Waals surface area contributed by atoms with Crippen LogP contribution in [0.15, 0.2) is 23.6 Å². The average molecular weight is 299 g/mol. The zero-order valence-corrected chi connectivity index (χ0v) is 11.4. The number of nitrogens with one attached hydrogen (secondary N) is 3. The predicted molar refractivity (Wildman–Crippen MR) is 67.2 cm³/mol. The van der Waals surface area contributed by atoms with E-state index in [4.69, 9.17) is 4.74 Å². The Hall–Kier alpha value is -2.20. The summed E-state index contributed by atoms with van der Waals surface area (Å²) in [4.78, 5) is 18.3. The van der Waals surface area contributed by atoms with E-state index < -0.39 is 16.0 Å². The molecule has 0 saturated carbocycles. The maximum atomic E-state index is 12.1. The quantitative estimate of drug-likeness (QED) is 0.633. The van der Waals surface area contributed by atoms with Gasteiger partial charge in [-0.3, -0.25) is 5.10 Å². The van der Waals surface area contributed by atoms with Gasteiger partial charge in [-0.1, -0.05) is 0 Å². The molecule has 0 amide bonds. The first kappa shape index (κ1) is 14.2. The molecule has 2 heterocycles. The number of carbonyl (C=O) groups excluding carboxylic acids is 1. The van der Waals surface area contributed by atoms with Crippen LogP contribution in [-0.4, -0.2) is 41.2 Å². The number of aromatic nitrogens is 4. The van der Waals surface area contributed by atoms with E-state index in [-0.39, 0.29) is 23.7 Å². The van der Waals surface area contributed by atoms with Crippen molar-refractivity contribution in [2.75, 3.05) is 6.61 Å². The van der Waals surface area contributed by atoms with E-state index in [1.54, 1.807) is 13.1 Å². The number of imidazole rings is 1. The number of ether oxygens (including phenoxy) is 1. The number of esters is 1. The molecular formula is C10H13N5O4S. The fourth-order valence-electron chi connectivity index (χ4n) is 1.46. The fraction of sp³-hybridized carbons (Fsp3) is 0.300. The van der Waals surface area contributed by atoms with Crippen LogP contribution in [0.5, 0.6) is 0 Å². The monoisotopic (exact) mass is 299 g/mol. The smallest absolute Gasteiger partial charge is 0.342 e. The van der Waals surface area contributed by atoms with E-state index in [0.717, 1.165) is 6.20 Å². The second-order valence-corrected chi connectivity index (χ2v) is 5.40. The molecule has 10 heteroatoms. The molecule has 0 aromatic carbocycles. The lowest BCUT2D eigenvalue weighted by atomic mass is 10.4. The van der Waals surface area contributed by atoms with Crippen LogP contribution in [0.1, 0.15) is 23.1 Å². The maximum Gasteiger partial charge on any atom is 0.342 e. The minimum Gasteiger partial charge on any atom is -0.462 e. The van der Waals surface area contributed by atoms with Crippen molar-refractivity contribution in [3.05, 3.63) is 30.0 Å². The number of carbonyl (C=O) groups is 1. The van der Waals surface area contributed by atoms with Crippen molar-refractivity contribution in [1.29, 1.82) is 0 Å². The SMILES string of the molecule is CCOC(=O)c1cn[nH]c1S(=O)(=O)NCc1ncc[nH]1. The summed E-state index contributed by atoms with van der Waals surface area (Å²) in [6.45, 7) is 1.74. The minimum absolute atomic E-state index is 0.0311. The molecule has 0 aliphatic rings. The van der Waals surface area contributed by atoms with E-state index in [1.165, 1.54) is 6.20 Å². The highest BCUT2D eigenvalue weighted by Crippen LogP contribution is 2.13. The molecule has 0 spiro atoms. The van der Waals surface area contributed by atoms with E-state index in [9.17, 15) is 13.2 Å². The second-order valence-electron chi connectivity index (χ2n) is 3.69. The number of H-pyrrole nitrogens is 2. The van der Waals surface area contributed by atoms with Gasteiger partial charge in [0.15, 0.2) is 5.03 Å². The number of aromatic amines is 2. The highest BCUT2D eigenvalue weighted by atomic mass is 32.2. The maximum absolute atomic E-state index is 12.1. The topological polar surface area (TPSA) is 130 Å². The Bertz CT molecular complexity index is 676. The largest absolute Gasteiger partial charge is 0.462 e. The van der Waals surface area contributed by atoms with Crippen molar-refractivity contribution in [3.8, 4) is 0 Å². The van der Waals surface area contributed by atoms with Crippen LogP contribution in [0.25, 0.3) is 0 Å². The highest BCUT2D eigenvalue weighted by Gasteiger charge is 2.25. The van der Waals surface area contributed by atoms with Gasteiger partial charge < -0.3 is 9.72 Å². The summed E-state index contributed by atoms with van der Waals surface area (Å²) in [7, 11) is -3.92. The van der Waals surface area contributed by atoms with Crippen molar-refractivity contribution in [2.45, 2.75) is 18.5 Å². The zero-order chi connectivity index (χ0) is 14.6. The van der Waals surface area contributed by atoms with Crippen molar-refractivity contribution < 1.29 is 17.9 Å². The van der Waals surface area contributed by atoms with Crippen LogP contribution < -0.4 is 4.72 Å². The van der Waals surface area contributed by atoms with Crippen LogP contribution in [-0.2, 0) is 21.3 Å². The zero-order valence-electron chi connectivity index (χ0n) is 10.6. The number of nitrogens with zero attached hydrogens (tertiary/aromatic N) is 2. The Morgan fingerprint density at radius 1 is 1.50 bits per heavy atom. The van der Waals surface area contributed by atoms with Crippen LogP contribution in [0.4, 0.5) is 0 Å². The Labute approximate surface area is 114 Å². The summed E-state index contributed by atoms with van der Waals surface area (Å²) >= 11 is 0. The van der Waals surface area contributed by atoms with E-state index in [1.807, 2.05) is 0 Å². The lowest BCUT2D eigenvalue weighted by molar-refractivity contribution is 0.0522. The Balaban J connectivity index is 2.17. The molecule has 0 unspecified atom stereocenters. The van der Waals surface area contributed by atoms with Gasteiger partial charge in [0.25, 0.3) is 10.0 Å². The van der Waals surface area contributed by atoms with Crippen molar-refractivity contribution >= 4 is 16.0 Å². The lowest BCUT2D eigenvalue weighted by Crippen LogP contribution is -2.26. The Morgan fingerprint density at radius 2 is 2.30 bits per heavy atom. The third-order valence-electron chi connectivity index (χ3n) is 2.35. The predicted octanol–water partition coefficient (Wildman–Crippen LogP) is -0.212. The van der Waals surface area contributed by atoms with Gasteiger partial charge in [0.1, 0.15) is 11.4 Å². The van der Waals surface area contributed by atoms with Crippen molar-refractivity contribution in [2.24, 2.45) is 0 Å². The van der Waals surface area contributed by atoms with E-state index >= 15 is 0 Å². The molecule has 0 atom stereocenters. The van der Waals surface area contributed by atoms with Crippen LogP contribution >= 0.6 is 0 Å². The van der Waals surface area contributed by atoms with Gasteiger partial charge in [0.2, 0.25) is 0 Å².